The number of amides is 1. The van der Waals surface area contributed by atoms with Crippen molar-refractivity contribution >= 4 is 30.1 Å². The van der Waals surface area contributed by atoms with E-state index in [9.17, 15) is 13.6 Å². The molecule has 1 aliphatic rings. The third-order valence-corrected chi connectivity index (χ3v) is 3.17. The highest BCUT2D eigenvalue weighted by Gasteiger charge is 2.40. The van der Waals surface area contributed by atoms with E-state index in [1.165, 1.54) is 0 Å². The molecule has 106 valence electrons. The van der Waals surface area contributed by atoms with Crippen molar-refractivity contribution in [3.8, 4) is 0 Å². The molecule has 7 heteroatoms. The van der Waals surface area contributed by atoms with Crippen molar-refractivity contribution in [2.45, 2.75) is 19.9 Å². The number of ether oxygens (including phenoxy) is 1. The molecule has 1 fully saturated rings. The van der Waals surface area contributed by atoms with Gasteiger partial charge in [0.25, 0.3) is 0 Å². The van der Waals surface area contributed by atoms with Crippen molar-refractivity contribution in [2.24, 2.45) is 5.41 Å². The molecule has 0 aromatic heterocycles. The summed E-state index contributed by atoms with van der Waals surface area (Å²) in [5.74, 6) is -1.56. The topological polar surface area (TPSA) is 38.3 Å². The lowest BCUT2D eigenvalue weighted by Crippen LogP contribution is -2.47. The number of rotatable bonds is 1. The van der Waals surface area contributed by atoms with Crippen LogP contribution in [0.1, 0.15) is 25.5 Å². The van der Waals surface area contributed by atoms with Gasteiger partial charge in [-0.15, -0.1) is 12.4 Å². The van der Waals surface area contributed by atoms with Crippen molar-refractivity contribution in [1.29, 1.82) is 0 Å². The second-order valence-corrected chi connectivity index (χ2v) is 5.36. The van der Waals surface area contributed by atoms with Gasteiger partial charge in [0.2, 0.25) is 0 Å². The van der Waals surface area contributed by atoms with Crippen LogP contribution in [-0.2, 0) is 4.74 Å². The van der Waals surface area contributed by atoms with E-state index in [1.54, 1.807) is 13.8 Å². The van der Waals surface area contributed by atoms with E-state index < -0.39 is 29.2 Å². The minimum Gasteiger partial charge on any atom is -0.449 e. The minimum absolute atomic E-state index is 0. The molecule has 1 N–H and O–H groups in total. The molecule has 3 nitrogen and oxygen atoms in total. The maximum Gasteiger partial charge on any atom is 0.407 e. The zero-order chi connectivity index (χ0) is 13.5. The Morgan fingerprint density at radius 2 is 1.89 bits per heavy atom. The van der Waals surface area contributed by atoms with Crippen LogP contribution in [0.3, 0.4) is 0 Å². The molecule has 0 saturated carbocycles. The average Bonchev–Trinajstić information content (AvgIpc) is 2.22. The van der Waals surface area contributed by atoms with Crippen LogP contribution in [-0.4, -0.2) is 12.7 Å². The summed E-state index contributed by atoms with van der Waals surface area (Å²) in [5.41, 5.74) is -0.815. The summed E-state index contributed by atoms with van der Waals surface area (Å²) in [6.07, 6.45) is -0.687. The molecule has 1 saturated heterocycles. The molecule has 0 bridgehead atoms. The van der Waals surface area contributed by atoms with Gasteiger partial charge in [-0.2, -0.15) is 0 Å². The molecular formula is C12H13Cl2F2NO2. The lowest BCUT2D eigenvalue weighted by atomic mass is 9.80. The number of benzene rings is 1. The van der Waals surface area contributed by atoms with Crippen LogP contribution in [0.25, 0.3) is 0 Å². The van der Waals surface area contributed by atoms with Crippen molar-refractivity contribution in [2.75, 3.05) is 6.61 Å². The molecule has 1 amide bonds. The fraction of sp³-hybridized carbons (Fsp3) is 0.417. The van der Waals surface area contributed by atoms with Crippen LogP contribution < -0.4 is 5.32 Å². The van der Waals surface area contributed by atoms with Gasteiger partial charge in [-0.3, -0.25) is 0 Å². The van der Waals surface area contributed by atoms with Gasteiger partial charge >= 0.3 is 6.09 Å². The van der Waals surface area contributed by atoms with Crippen LogP contribution in [0.15, 0.2) is 12.1 Å². The molecule has 0 aliphatic carbocycles. The number of cyclic esters (lactones) is 1. The first-order valence-corrected chi connectivity index (χ1v) is 5.77. The number of carbonyl (C=O) groups excluding carboxylic acids is 1. The van der Waals surface area contributed by atoms with Crippen LogP contribution in [0.5, 0.6) is 0 Å². The monoisotopic (exact) mass is 311 g/mol. The van der Waals surface area contributed by atoms with Gasteiger partial charge in [0.1, 0.15) is 18.2 Å². The van der Waals surface area contributed by atoms with Crippen molar-refractivity contribution in [3.63, 3.8) is 0 Å². The fourth-order valence-electron chi connectivity index (χ4n) is 1.98. The number of hydrogen-bond donors (Lipinski definition) is 1. The number of carbonyl (C=O) groups is 1. The maximum absolute atomic E-state index is 13.8. The summed E-state index contributed by atoms with van der Waals surface area (Å²) in [7, 11) is 0. The number of nitrogens with one attached hydrogen (secondary N) is 1. The third-order valence-electron chi connectivity index (χ3n) is 2.95. The van der Waals surface area contributed by atoms with E-state index >= 15 is 0 Å². The molecule has 0 radical (unpaired) electrons. The molecular weight excluding hydrogens is 299 g/mol. The fourth-order valence-corrected chi connectivity index (χ4v) is 2.17. The molecule has 2 rings (SSSR count). The van der Waals surface area contributed by atoms with Gasteiger partial charge in [-0.1, -0.05) is 25.4 Å². The SMILES string of the molecule is CC1(C)COC(=O)N[C@H]1c1c(F)cc(Cl)cc1F.Cl. The Hall–Kier alpha value is -1.07. The van der Waals surface area contributed by atoms with Gasteiger partial charge < -0.3 is 10.1 Å². The van der Waals surface area contributed by atoms with Crippen molar-refractivity contribution < 1.29 is 18.3 Å². The zero-order valence-corrected chi connectivity index (χ0v) is 11.9. The second-order valence-electron chi connectivity index (χ2n) is 4.93. The maximum atomic E-state index is 13.8. The molecule has 1 atom stereocenters. The third kappa shape index (κ3) is 3.09. The predicted molar refractivity (Wildman–Crippen MR) is 69.6 cm³/mol. The molecule has 19 heavy (non-hydrogen) atoms. The Kier molecular flexibility index (Phi) is 4.63. The number of alkyl carbamates (subject to hydrolysis) is 1. The smallest absolute Gasteiger partial charge is 0.407 e. The first kappa shape index (κ1) is 16.0. The number of halogens is 4. The van der Waals surface area contributed by atoms with Gasteiger partial charge in [0, 0.05) is 16.0 Å². The Labute approximate surface area is 120 Å². The summed E-state index contributed by atoms with van der Waals surface area (Å²) in [6, 6.07) is 1.26. The predicted octanol–water partition coefficient (Wildman–Crippen LogP) is 3.85. The van der Waals surface area contributed by atoms with Crippen LogP contribution >= 0.6 is 24.0 Å². The highest BCUT2D eigenvalue weighted by Crippen LogP contribution is 2.39. The zero-order valence-electron chi connectivity index (χ0n) is 10.3. The summed E-state index contributed by atoms with van der Waals surface area (Å²) < 4.78 is 32.5. The van der Waals surface area contributed by atoms with Crippen molar-refractivity contribution in [1.82, 2.24) is 5.32 Å². The van der Waals surface area contributed by atoms with Gasteiger partial charge in [-0.05, 0) is 12.1 Å². The summed E-state index contributed by atoms with van der Waals surface area (Å²) in [6.45, 7) is 3.60. The quantitative estimate of drug-likeness (QED) is 0.855. The normalized spacial score (nSPS) is 21.1. The molecule has 1 aromatic rings. The van der Waals surface area contributed by atoms with Gasteiger partial charge in [0.05, 0.1) is 6.04 Å². The van der Waals surface area contributed by atoms with E-state index in [0.717, 1.165) is 12.1 Å². The Morgan fingerprint density at radius 3 is 2.42 bits per heavy atom. The van der Waals surface area contributed by atoms with E-state index in [0.29, 0.717) is 0 Å². The molecule has 1 aliphatic heterocycles. The Balaban J connectivity index is 0.00000180. The first-order valence-electron chi connectivity index (χ1n) is 5.39. The van der Waals surface area contributed by atoms with E-state index in [2.05, 4.69) is 5.32 Å². The molecule has 0 unspecified atom stereocenters. The lowest BCUT2D eigenvalue weighted by molar-refractivity contribution is 0.0367. The molecule has 1 aromatic carbocycles. The Morgan fingerprint density at radius 1 is 1.37 bits per heavy atom. The molecule has 0 spiro atoms. The summed E-state index contributed by atoms with van der Waals surface area (Å²) in [4.78, 5) is 11.2. The van der Waals surface area contributed by atoms with Crippen LogP contribution in [0.2, 0.25) is 5.02 Å². The second kappa shape index (κ2) is 5.51. The van der Waals surface area contributed by atoms with Crippen LogP contribution in [0, 0.1) is 17.0 Å². The molecule has 1 heterocycles. The van der Waals surface area contributed by atoms with Gasteiger partial charge in [-0.25, -0.2) is 13.6 Å². The minimum atomic E-state index is -0.795. The first-order chi connectivity index (χ1) is 8.31. The van der Waals surface area contributed by atoms with E-state index in [1.807, 2.05) is 0 Å². The van der Waals surface area contributed by atoms with Crippen LogP contribution in [0.4, 0.5) is 13.6 Å². The van der Waals surface area contributed by atoms with Gasteiger partial charge in [0.15, 0.2) is 0 Å². The summed E-state index contributed by atoms with van der Waals surface area (Å²) in [5, 5.41) is 2.42. The van der Waals surface area contributed by atoms with E-state index in [4.69, 9.17) is 16.3 Å². The largest absolute Gasteiger partial charge is 0.449 e. The lowest BCUT2D eigenvalue weighted by Gasteiger charge is -2.38. The van der Waals surface area contributed by atoms with E-state index in [-0.39, 0.29) is 29.6 Å². The highest BCUT2D eigenvalue weighted by atomic mass is 35.5. The summed E-state index contributed by atoms with van der Waals surface area (Å²) >= 11 is 5.57. The number of hydrogen-bond acceptors (Lipinski definition) is 2. The highest BCUT2D eigenvalue weighted by molar-refractivity contribution is 6.30. The standard InChI is InChI=1S/C12H12ClF2NO2.ClH/c1-12(2)5-18-11(17)16-10(12)9-7(14)3-6(13)4-8(9)15;/h3-4,10H,5H2,1-2H3,(H,16,17);1H/t10-;/m0./s1. The Bertz CT molecular complexity index is 485. The van der Waals surface area contributed by atoms with Crippen molar-refractivity contribution in [3.05, 3.63) is 34.4 Å². The average molecular weight is 312 g/mol.